The molecule has 2 saturated heterocycles. The zero-order chi connectivity index (χ0) is 55.5. The summed E-state index contributed by atoms with van der Waals surface area (Å²) < 4.78 is 13.6. The van der Waals surface area contributed by atoms with Crippen molar-refractivity contribution in [3.05, 3.63) is 126 Å². The number of hydrogen-bond donors (Lipinski definition) is 6. The third-order valence-electron chi connectivity index (χ3n) is 16.6. The molecule has 6 amide bonds. The van der Waals surface area contributed by atoms with Crippen molar-refractivity contribution in [1.29, 1.82) is 10.5 Å². The zero-order valence-corrected chi connectivity index (χ0v) is 46.9. The number of piperazine rings is 2. The maximum absolute atomic E-state index is 13.2. The van der Waals surface area contributed by atoms with E-state index < -0.39 is 0 Å². The van der Waals surface area contributed by atoms with E-state index >= 15 is 0 Å². The van der Waals surface area contributed by atoms with Gasteiger partial charge in [-0.05, 0) is 144 Å². The molecular weight excluding hydrogens is 1060 g/mol. The number of carbonyl (C=O) groups is 4. The second-order valence-electron chi connectivity index (χ2n) is 21.7. The minimum absolute atomic E-state index is 0.0530. The first-order valence-electron chi connectivity index (χ1n) is 28.5. The normalized spacial score (nSPS) is 20.5. The molecule has 0 aromatic heterocycles. The van der Waals surface area contributed by atoms with Crippen molar-refractivity contribution < 1.29 is 28.7 Å². The van der Waals surface area contributed by atoms with Gasteiger partial charge in [0.25, 0.3) is 0 Å². The first kappa shape index (κ1) is 56.6. The highest BCUT2D eigenvalue weighted by molar-refractivity contribution is 6.31. The average molecular weight is 1130 g/mol. The summed E-state index contributed by atoms with van der Waals surface area (Å²) in [6.07, 6.45) is 5.43. The van der Waals surface area contributed by atoms with E-state index in [9.17, 15) is 29.7 Å². The molecule has 4 aromatic carbocycles. The number of amides is 6. The summed E-state index contributed by atoms with van der Waals surface area (Å²) in [5, 5.41) is 39.1. The Morgan fingerprint density at radius 2 is 0.938 bits per heavy atom. The van der Waals surface area contributed by atoms with Crippen molar-refractivity contribution >= 4 is 47.1 Å². The fourth-order valence-corrected chi connectivity index (χ4v) is 12.8. The number of carbonyl (C=O) groups excluding carboxylic acids is 4. The quantitative estimate of drug-likeness (QED) is 0.0592. The number of halogens is 2. The van der Waals surface area contributed by atoms with E-state index in [2.05, 4.69) is 78.1 Å². The topological polar surface area (TPSA) is 219 Å². The standard InChI is InChI=1S/C60H72Cl2N12O6/c61-45-27-43(35-63)49-33-53(71-23-17-65-18-24-71)57(51(49)31-45)79-47-9-7-41-37-73(21-11-39(41)29-47)55(75)5-3-15-69-59(77)67-13-1-2-14-68-60(78)70-16-4-6-56(76)74-22-12-40-30-48(10-8-42(40)38-74)80-58-52-32-46(62)28-44(36-64)50(52)34-54(58)72-25-19-66-20-26-72/h7-10,27-32,53-54,57-58,65-66H,1-6,11-26,33-34,37-38H2,(H2,67,69,77)(H2,68,70,78)/t53-,54-,57-,58-/m0/s1. The Morgan fingerprint density at radius 1 is 0.537 bits per heavy atom. The molecule has 6 aliphatic rings. The summed E-state index contributed by atoms with van der Waals surface area (Å²) in [5.41, 5.74) is 9.70. The molecule has 80 heavy (non-hydrogen) atoms. The molecule has 422 valence electrons. The first-order valence-corrected chi connectivity index (χ1v) is 29.3. The monoisotopic (exact) mass is 1130 g/mol. The lowest BCUT2D eigenvalue weighted by Gasteiger charge is -2.36. The molecule has 4 aliphatic heterocycles. The number of nitriles is 2. The molecule has 18 nitrogen and oxygen atoms in total. The number of hydrogen-bond acceptors (Lipinski definition) is 12. The predicted molar refractivity (Wildman–Crippen MR) is 305 cm³/mol. The van der Waals surface area contributed by atoms with Crippen LogP contribution in [0.2, 0.25) is 10.0 Å². The Kier molecular flexibility index (Phi) is 18.9. The van der Waals surface area contributed by atoms with Gasteiger partial charge < -0.3 is 51.2 Å². The van der Waals surface area contributed by atoms with Crippen LogP contribution in [0.4, 0.5) is 9.59 Å². The Balaban J connectivity index is 0.567. The number of urea groups is 2. The summed E-state index contributed by atoms with van der Waals surface area (Å²) in [6.45, 7) is 11.1. The maximum Gasteiger partial charge on any atom is 0.314 e. The summed E-state index contributed by atoms with van der Waals surface area (Å²) >= 11 is 13.0. The van der Waals surface area contributed by atoms with Gasteiger partial charge in [0.15, 0.2) is 0 Å². The van der Waals surface area contributed by atoms with Crippen LogP contribution < -0.4 is 41.4 Å². The molecule has 4 aromatic rings. The Hall–Kier alpha value is -6.64. The number of unbranched alkanes of at least 4 members (excludes halogenated alkanes) is 1. The molecular formula is C60H72Cl2N12O6. The number of nitrogens with one attached hydrogen (secondary N) is 6. The van der Waals surface area contributed by atoms with Crippen molar-refractivity contribution in [2.24, 2.45) is 0 Å². The smallest absolute Gasteiger partial charge is 0.314 e. The summed E-state index contributed by atoms with van der Waals surface area (Å²) in [5.74, 6) is 1.64. The lowest BCUT2D eigenvalue weighted by Crippen LogP contribution is -2.50. The fourth-order valence-electron chi connectivity index (χ4n) is 12.4. The van der Waals surface area contributed by atoms with Crippen molar-refractivity contribution in [2.75, 3.05) is 91.6 Å². The van der Waals surface area contributed by atoms with Gasteiger partial charge >= 0.3 is 12.1 Å². The van der Waals surface area contributed by atoms with E-state index in [4.69, 9.17) is 32.7 Å². The third kappa shape index (κ3) is 13.7. The fraction of sp³-hybridized carbons (Fsp3) is 0.500. The number of benzene rings is 4. The van der Waals surface area contributed by atoms with Crippen LogP contribution in [0.1, 0.15) is 106 Å². The molecule has 0 spiro atoms. The zero-order valence-electron chi connectivity index (χ0n) is 45.4. The Labute approximate surface area is 478 Å². The number of fused-ring (bicyclic) bond motifs is 4. The molecule has 10 rings (SSSR count). The van der Waals surface area contributed by atoms with E-state index in [1.165, 1.54) is 0 Å². The lowest BCUT2D eigenvalue weighted by atomic mass is 9.99. The van der Waals surface area contributed by atoms with Crippen LogP contribution in [0.25, 0.3) is 0 Å². The van der Waals surface area contributed by atoms with Gasteiger partial charge in [-0.15, -0.1) is 0 Å². The summed E-state index contributed by atoms with van der Waals surface area (Å²) in [4.78, 5) is 60.0. The van der Waals surface area contributed by atoms with E-state index in [1.54, 1.807) is 12.1 Å². The van der Waals surface area contributed by atoms with Crippen LogP contribution in [-0.4, -0.2) is 147 Å². The average Bonchev–Trinajstić information content (AvgIpc) is 4.25. The van der Waals surface area contributed by atoms with Gasteiger partial charge in [-0.1, -0.05) is 35.3 Å². The lowest BCUT2D eigenvalue weighted by molar-refractivity contribution is -0.133. The van der Waals surface area contributed by atoms with Gasteiger partial charge in [0.05, 0.1) is 35.3 Å². The van der Waals surface area contributed by atoms with E-state index in [0.717, 1.165) is 121 Å². The molecule has 6 N–H and O–H groups in total. The Morgan fingerprint density at radius 3 is 1.34 bits per heavy atom. The van der Waals surface area contributed by atoms with Crippen molar-refractivity contribution in [3.63, 3.8) is 0 Å². The molecule has 0 radical (unpaired) electrons. The molecule has 0 bridgehead atoms. The van der Waals surface area contributed by atoms with Crippen LogP contribution in [0.5, 0.6) is 11.5 Å². The second kappa shape index (κ2) is 26.8. The molecule has 20 heteroatoms. The predicted octanol–water partition coefficient (Wildman–Crippen LogP) is 6.05. The number of rotatable bonds is 19. The highest BCUT2D eigenvalue weighted by Crippen LogP contribution is 2.43. The van der Waals surface area contributed by atoms with Crippen LogP contribution >= 0.6 is 23.2 Å². The van der Waals surface area contributed by atoms with Gasteiger partial charge in [-0.3, -0.25) is 19.4 Å². The summed E-state index contributed by atoms with van der Waals surface area (Å²) in [6, 6.07) is 23.9. The van der Waals surface area contributed by atoms with Gasteiger partial charge in [-0.2, -0.15) is 10.5 Å². The van der Waals surface area contributed by atoms with Gasteiger partial charge in [0.2, 0.25) is 11.8 Å². The second-order valence-corrected chi connectivity index (χ2v) is 22.6. The van der Waals surface area contributed by atoms with E-state index in [0.29, 0.717) is 125 Å². The molecule has 0 unspecified atom stereocenters. The van der Waals surface area contributed by atoms with Crippen molar-refractivity contribution in [2.45, 2.75) is 102 Å². The Bertz CT molecular complexity index is 2810. The van der Waals surface area contributed by atoms with E-state index in [1.807, 2.05) is 34.1 Å². The largest absolute Gasteiger partial charge is 0.484 e. The van der Waals surface area contributed by atoms with Crippen LogP contribution in [-0.2, 0) is 48.4 Å². The minimum Gasteiger partial charge on any atom is -0.484 e. The summed E-state index contributed by atoms with van der Waals surface area (Å²) in [7, 11) is 0. The number of ether oxygens (including phenoxy) is 2. The molecule has 0 saturated carbocycles. The molecule has 2 fully saturated rings. The van der Waals surface area contributed by atoms with E-state index in [-0.39, 0.29) is 48.2 Å². The van der Waals surface area contributed by atoms with Crippen LogP contribution in [0, 0.1) is 22.7 Å². The first-order chi connectivity index (χ1) is 39.0. The highest BCUT2D eigenvalue weighted by Gasteiger charge is 2.42. The van der Waals surface area contributed by atoms with Crippen LogP contribution in [0.3, 0.4) is 0 Å². The molecule has 4 atom stereocenters. The molecule has 2 aliphatic carbocycles. The van der Waals surface area contributed by atoms with Gasteiger partial charge in [-0.25, -0.2) is 9.59 Å². The third-order valence-corrected chi connectivity index (χ3v) is 17.0. The van der Waals surface area contributed by atoms with Gasteiger partial charge in [0.1, 0.15) is 23.7 Å². The molecule has 4 heterocycles. The SMILES string of the molecule is N#Cc1cc(Cl)cc2c1C[C@H](N1CCNCC1)[C@H]2Oc1ccc2c(c1)CCN(C(=O)CCCNC(=O)NCCCCNC(=O)NCCCC(=O)N1CCc3cc(O[C@H]4c5cc(Cl)cc(C#N)c5C[C@@H]4N4CCNCC4)ccc3C1)C2. The maximum atomic E-state index is 13.2. The van der Waals surface area contributed by atoms with Crippen molar-refractivity contribution in [1.82, 2.24) is 51.5 Å². The highest BCUT2D eigenvalue weighted by atomic mass is 35.5. The van der Waals surface area contributed by atoms with Crippen LogP contribution in [0.15, 0.2) is 60.7 Å². The minimum atomic E-state index is -0.293. The van der Waals surface area contributed by atoms with Crippen molar-refractivity contribution in [3.8, 4) is 23.6 Å². The van der Waals surface area contributed by atoms with Gasteiger partial charge in [0, 0.05) is 128 Å². The number of nitrogens with zero attached hydrogens (tertiary/aromatic N) is 6.